The maximum Gasteiger partial charge on any atom is 0.338 e. The first-order valence-corrected chi connectivity index (χ1v) is 7.17. The molecule has 2 rings (SSSR count). The molecule has 0 radical (unpaired) electrons. The van der Waals surface area contributed by atoms with Gasteiger partial charge in [0.1, 0.15) is 5.76 Å². The topological polar surface area (TPSA) is 68.5 Å². The van der Waals surface area contributed by atoms with E-state index in [0.717, 1.165) is 0 Å². The van der Waals surface area contributed by atoms with Crippen LogP contribution < -0.4 is 5.32 Å². The third kappa shape index (κ3) is 4.51. The highest BCUT2D eigenvalue weighted by molar-refractivity contribution is 6.35. The van der Waals surface area contributed by atoms with Crippen molar-refractivity contribution in [3.05, 3.63) is 58.0 Å². The second-order valence-electron chi connectivity index (χ2n) is 4.54. The molecular weight excluding hydrogens is 329 g/mol. The molecule has 1 aromatic carbocycles. The van der Waals surface area contributed by atoms with E-state index in [1.807, 2.05) is 0 Å². The number of benzene rings is 1. The Morgan fingerprint density at radius 1 is 1.27 bits per heavy atom. The molecule has 1 aromatic heterocycles. The van der Waals surface area contributed by atoms with Crippen molar-refractivity contribution < 1.29 is 18.7 Å². The molecule has 0 aliphatic heterocycles. The smallest absolute Gasteiger partial charge is 0.338 e. The zero-order chi connectivity index (χ0) is 16.1. The summed E-state index contributed by atoms with van der Waals surface area (Å²) in [6.07, 6.45) is 1.51. The van der Waals surface area contributed by atoms with Crippen molar-refractivity contribution in [2.45, 2.75) is 13.0 Å². The molecule has 0 saturated carbocycles. The fourth-order valence-electron chi connectivity index (χ4n) is 1.78. The summed E-state index contributed by atoms with van der Waals surface area (Å²) >= 11 is 11.6. The molecule has 0 aliphatic carbocycles. The van der Waals surface area contributed by atoms with Gasteiger partial charge in [-0.05, 0) is 37.3 Å². The normalized spacial score (nSPS) is 11.8. The second-order valence-corrected chi connectivity index (χ2v) is 5.41. The number of halogens is 2. The van der Waals surface area contributed by atoms with Gasteiger partial charge in [-0.15, -0.1) is 0 Å². The van der Waals surface area contributed by atoms with E-state index in [2.05, 4.69) is 5.32 Å². The Kier molecular flexibility index (Phi) is 5.46. The molecule has 1 atom stereocenters. The average molecular weight is 342 g/mol. The first-order valence-electron chi connectivity index (χ1n) is 6.41. The Morgan fingerprint density at radius 2 is 1.95 bits per heavy atom. The van der Waals surface area contributed by atoms with Crippen molar-refractivity contribution in [3.63, 3.8) is 0 Å². The second kappa shape index (κ2) is 7.33. The van der Waals surface area contributed by atoms with Crippen molar-refractivity contribution in [3.8, 4) is 0 Å². The van der Waals surface area contributed by atoms with Crippen LogP contribution in [0.2, 0.25) is 10.0 Å². The van der Waals surface area contributed by atoms with Crippen LogP contribution in [0.5, 0.6) is 0 Å². The lowest BCUT2D eigenvalue weighted by Gasteiger charge is -2.11. The third-order valence-electron chi connectivity index (χ3n) is 2.78. The number of hydrogen-bond acceptors (Lipinski definition) is 4. The lowest BCUT2D eigenvalue weighted by atomic mass is 10.2. The monoisotopic (exact) mass is 341 g/mol. The van der Waals surface area contributed by atoms with E-state index in [-0.39, 0.29) is 11.6 Å². The molecule has 0 bridgehead atoms. The minimum atomic E-state index is -0.676. The Hall–Kier alpha value is -1.98. The number of esters is 1. The van der Waals surface area contributed by atoms with Gasteiger partial charge in [0.2, 0.25) is 0 Å². The van der Waals surface area contributed by atoms with Crippen molar-refractivity contribution in [2.75, 3.05) is 6.61 Å². The van der Waals surface area contributed by atoms with Crippen LogP contribution in [0.25, 0.3) is 0 Å². The van der Waals surface area contributed by atoms with Crippen LogP contribution in [0.1, 0.15) is 29.1 Å². The van der Waals surface area contributed by atoms with E-state index >= 15 is 0 Å². The summed E-state index contributed by atoms with van der Waals surface area (Å²) in [7, 11) is 0. The summed E-state index contributed by atoms with van der Waals surface area (Å²) in [5.74, 6) is -0.503. The van der Waals surface area contributed by atoms with Gasteiger partial charge in [-0.25, -0.2) is 4.79 Å². The number of rotatable bonds is 5. The fraction of sp³-hybridized carbons (Fsp3) is 0.200. The van der Waals surface area contributed by atoms with E-state index in [1.54, 1.807) is 19.1 Å². The minimum absolute atomic E-state index is 0.185. The number of ether oxygens (including phenoxy) is 1. The highest BCUT2D eigenvalue weighted by atomic mass is 35.5. The van der Waals surface area contributed by atoms with E-state index in [0.29, 0.717) is 15.8 Å². The van der Waals surface area contributed by atoms with Crippen molar-refractivity contribution in [2.24, 2.45) is 0 Å². The quantitative estimate of drug-likeness (QED) is 0.843. The molecule has 0 aliphatic rings. The highest BCUT2D eigenvalue weighted by Crippen LogP contribution is 2.19. The van der Waals surface area contributed by atoms with Gasteiger partial charge >= 0.3 is 5.97 Å². The SMILES string of the molecule is C[C@H](NC(=O)COC(=O)c1cc(Cl)cc(Cl)c1)c1ccco1. The molecule has 1 N–H and O–H groups in total. The molecule has 0 unspecified atom stereocenters. The lowest BCUT2D eigenvalue weighted by Crippen LogP contribution is -2.31. The number of hydrogen-bond donors (Lipinski definition) is 1. The van der Waals surface area contributed by atoms with Gasteiger partial charge in [-0.1, -0.05) is 23.2 Å². The molecule has 2 aromatic rings. The van der Waals surface area contributed by atoms with Crippen molar-refractivity contribution >= 4 is 35.1 Å². The fourth-order valence-corrected chi connectivity index (χ4v) is 2.30. The van der Waals surface area contributed by atoms with Crippen LogP contribution in [-0.2, 0) is 9.53 Å². The third-order valence-corrected chi connectivity index (χ3v) is 3.22. The summed E-state index contributed by atoms with van der Waals surface area (Å²) in [6, 6.07) is 7.48. The molecule has 7 heteroatoms. The van der Waals surface area contributed by atoms with Crippen LogP contribution in [0, 0.1) is 0 Å². The average Bonchev–Trinajstić information content (AvgIpc) is 2.98. The Balaban J connectivity index is 1.86. The summed E-state index contributed by atoms with van der Waals surface area (Å²) in [4.78, 5) is 23.6. The maximum atomic E-state index is 11.8. The largest absolute Gasteiger partial charge is 0.467 e. The van der Waals surface area contributed by atoms with Gasteiger partial charge in [0.15, 0.2) is 6.61 Å². The molecule has 0 saturated heterocycles. The lowest BCUT2D eigenvalue weighted by molar-refractivity contribution is -0.125. The molecule has 116 valence electrons. The van der Waals surface area contributed by atoms with Crippen molar-refractivity contribution in [1.82, 2.24) is 5.32 Å². The van der Waals surface area contributed by atoms with Gasteiger partial charge in [0.25, 0.3) is 5.91 Å². The van der Waals surface area contributed by atoms with Gasteiger partial charge < -0.3 is 14.5 Å². The molecule has 5 nitrogen and oxygen atoms in total. The van der Waals surface area contributed by atoms with Crippen LogP contribution in [0.3, 0.4) is 0 Å². The van der Waals surface area contributed by atoms with E-state index < -0.39 is 18.5 Å². The first-order chi connectivity index (χ1) is 10.5. The predicted octanol–water partition coefficient (Wildman–Crippen LogP) is 3.62. The highest BCUT2D eigenvalue weighted by Gasteiger charge is 2.15. The standard InChI is InChI=1S/C15H13Cl2NO4/c1-9(13-3-2-4-21-13)18-14(19)8-22-15(20)10-5-11(16)7-12(17)6-10/h2-7,9H,8H2,1H3,(H,18,19)/t9-/m0/s1. The number of carbonyl (C=O) groups is 2. The van der Waals surface area contributed by atoms with Crippen LogP contribution >= 0.6 is 23.2 Å². The molecule has 1 amide bonds. The van der Waals surface area contributed by atoms with Gasteiger partial charge in [0.05, 0.1) is 17.9 Å². The minimum Gasteiger partial charge on any atom is -0.467 e. The zero-order valence-electron chi connectivity index (χ0n) is 11.6. The van der Waals surface area contributed by atoms with Gasteiger partial charge in [0, 0.05) is 10.0 Å². The van der Waals surface area contributed by atoms with E-state index in [4.69, 9.17) is 32.4 Å². The van der Waals surface area contributed by atoms with Crippen LogP contribution in [-0.4, -0.2) is 18.5 Å². The zero-order valence-corrected chi connectivity index (χ0v) is 13.1. The Bertz CT molecular complexity index is 650. The summed E-state index contributed by atoms with van der Waals surface area (Å²) in [5, 5.41) is 3.28. The van der Waals surface area contributed by atoms with Gasteiger partial charge in [-0.2, -0.15) is 0 Å². The molecule has 1 heterocycles. The number of carbonyl (C=O) groups excluding carboxylic acids is 2. The molecule has 22 heavy (non-hydrogen) atoms. The summed E-state index contributed by atoms with van der Waals surface area (Å²) in [5.41, 5.74) is 0.185. The first kappa shape index (κ1) is 16.4. The van der Waals surface area contributed by atoms with Crippen LogP contribution in [0.4, 0.5) is 0 Å². The maximum absolute atomic E-state index is 11.8. The number of furan rings is 1. The predicted molar refractivity (Wildman–Crippen MR) is 82.0 cm³/mol. The Morgan fingerprint density at radius 3 is 2.55 bits per heavy atom. The van der Waals surface area contributed by atoms with E-state index in [9.17, 15) is 9.59 Å². The Labute approximate surface area is 137 Å². The number of nitrogens with one attached hydrogen (secondary N) is 1. The van der Waals surface area contributed by atoms with Crippen LogP contribution in [0.15, 0.2) is 41.0 Å². The number of amides is 1. The molecular formula is C15H13Cl2NO4. The van der Waals surface area contributed by atoms with Crippen molar-refractivity contribution in [1.29, 1.82) is 0 Å². The molecule has 0 spiro atoms. The summed E-state index contributed by atoms with van der Waals surface area (Å²) in [6.45, 7) is 1.35. The van der Waals surface area contributed by atoms with E-state index in [1.165, 1.54) is 24.5 Å². The summed E-state index contributed by atoms with van der Waals surface area (Å²) < 4.78 is 10.1. The molecule has 0 fully saturated rings. The van der Waals surface area contributed by atoms with Gasteiger partial charge in [-0.3, -0.25) is 4.79 Å².